The van der Waals surface area contributed by atoms with Crippen molar-refractivity contribution < 1.29 is 0 Å². The summed E-state index contributed by atoms with van der Waals surface area (Å²) in [6, 6.07) is 0. The molecule has 0 aliphatic carbocycles. The third-order valence-corrected chi connectivity index (χ3v) is 2.16. The van der Waals surface area contributed by atoms with Crippen molar-refractivity contribution in [2.75, 3.05) is 39.6 Å². The van der Waals surface area contributed by atoms with Gasteiger partial charge in [0.05, 0.1) is 0 Å². The average molecular weight is 208 g/mol. The van der Waals surface area contributed by atoms with Crippen LogP contribution in [-0.4, -0.2) is 49.6 Å². The third-order valence-electron chi connectivity index (χ3n) is 2.16. The molecule has 1 heterocycles. The van der Waals surface area contributed by atoms with Gasteiger partial charge in [-0.2, -0.15) is 0 Å². The fourth-order valence-electron chi connectivity index (χ4n) is 1.31. The molecule has 0 N–H and O–H groups in total. The lowest BCUT2D eigenvalue weighted by molar-refractivity contribution is 0.400. The number of rotatable bonds is 5. The molecule has 0 radical (unpaired) electrons. The number of hydrogen-bond acceptors (Lipinski definition) is 4. The second kappa shape index (κ2) is 5.66. The maximum Gasteiger partial charge on any atom is 0.224 e. The molecule has 0 saturated carbocycles. The Kier molecular flexibility index (Phi) is 4.49. The number of nitrogens with zero attached hydrogens (tertiary/aromatic N) is 4. The Morgan fingerprint density at radius 3 is 2.13 bits per heavy atom. The van der Waals surface area contributed by atoms with E-state index in [-0.39, 0.29) is 0 Å². The van der Waals surface area contributed by atoms with Crippen molar-refractivity contribution in [1.29, 1.82) is 0 Å². The molecule has 1 aromatic heterocycles. The lowest BCUT2D eigenvalue weighted by Crippen LogP contribution is -2.14. The maximum absolute atomic E-state index is 4.28. The molecule has 15 heavy (non-hydrogen) atoms. The van der Waals surface area contributed by atoms with E-state index in [0.29, 0.717) is 0 Å². The molecule has 0 aromatic carbocycles. The maximum atomic E-state index is 4.28. The van der Waals surface area contributed by atoms with Crippen LogP contribution in [0.2, 0.25) is 0 Å². The van der Waals surface area contributed by atoms with Crippen molar-refractivity contribution in [3.05, 3.63) is 18.0 Å². The summed E-state index contributed by atoms with van der Waals surface area (Å²) in [5.41, 5.74) is 1.21. The summed E-state index contributed by atoms with van der Waals surface area (Å²) < 4.78 is 0. The summed E-state index contributed by atoms with van der Waals surface area (Å²) in [6.45, 7) is 1.11. The van der Waals surface area contributed by atoms with Gasteiger partial charge < -0.3 is 9.80 Å². The molecule has 4 heteroatoms. The molecule has 0 bridgehead atoms. The first-order valence-corrected chi connectivity index (χ1v) is 5.22. The normalized spacial score (nSPS) is 10.7. The minimum atomic E-state index is 0.770. The van der Waals surface area contributed by atoms with Crippen LogP contribution in [0, 0.1) is 0 Å². The molecule has 0 unspecified atom stereocenters. The van der Waals surface area contributed by atoms with Gasteiger partial charge in [-0.3, -0.25) is 0 Å². The highest BCUT2D eigenvalue weighted by Crippen LogP contribution is 2.05. The fraction of sp³-hybridized carbons (Fsp3) is 0.636. The molecule has 0 atom stereocenters. The zero-order valence-corrected chi connectivity index (χ0v) is 10.1. The van der Waals surface area contributed by atoms with Gasteiger partial charge in [0.25, 0.3) is 0 Å². The van der Waals surface area contributed by atoms with Crippen LogP contribution < -0.4 is 4.90 Å². The van der Waals surface area contributed by atoms with Crippen molar-refractivity contribution in [1.82, 2.24) is 14.9 Å². The standard InChI is InChI=1S/C11H20N4/c1-14(2)7-5-6-10-8-12-11(13-9-10)15(3)4/h8-9H,5-7H2,1-4H3. The van der Waals surface area contributed by atoms with Gasteiger partial charge in [0.15, 0.2) is 0 Å². The van der Waals surface area contributed by atoms with Crippen LogP contribution >= 0.6 is 0 Å². The minimum Gasteiger partial charge on any atom is -0.347 e. The van der Waals surface area contributed by atoms with Gasteiger partial charge in [0.1, 0.15) is 0 Å². The summed E-state index contributed by atoms with van der Waals surface area (Å²) in [5.74, 6) is 0.770. The summed E-state index contributed by atoms with van der Waals surface area (Å²) in [4.78, 5) is 12.7. The number of anilines is 1. The van der Waals surface area contributed by atoms with E-state index >= 15 is 0 Å². The van der Waals surface area contributed by atoms with Crippen molar-refractivity contribution in [2.24, 2.45) is 0 Å². The molecule has 0 aliphatic rings. The Morgan fingerprint density at radius 2 is 1.67 bits per heavy atom. The number of aromatic nitrogens is 2. The molecule has 0 amide bonds. The van der Waals surface area contributed by atoms with E-state index in [4.69, 9.17) is 0 Å². The Hall–Kier alpha value is -1.16. The highest BCUT2D eigenvalue weighted by molar-refractivity contribution is 5.26. The zero-order valence-electron chi connectivity index (χ0n) is 10.1. The molecule has 84 valence electrons. The Labute approximate surface area is 91.9 Å². The van der Waals surface area contributed by atoms with Crippen molar-refractivity contribution in [2.45, 2.75) is 12.8 Å². The van der Waals surface area contributed by atoms with E-state index in [1.807, 2.05) is 31.4 Å². The van der Waals surface area contributed by atoms with Gasteiger partial charge in [0.2, 0.25) is 5.95 Å². The molecule has 1 rings (SSSR count). The monoisotopic (exact) mass is 208 g/mol. The van der Waals surface area contributed by atoms with Crippen LogP contribution in [0.25, 0.3) is 0 Å². The lowest BCUT2D eigenvalue weighted by Gasteiger charge is -2.11. The number of hydrogen-bond donors (Lipinski definition) is 0. The molecule has 0 aliphatic heterocycles. The van der Waals surface area contributed by atoms with Crippen LogP contribution in [-0.2, 0) is 6.42 Å². The fourth-order valence-corrected chi connectivity index (χ4v) is 1.31. The van der Waals surface area contributed by atoms with Crippen LogP contribution in [0.4, 0.5) is 5.95 Å². The van der Waals surface area contributed by atoms with Crippen molar-refractivity contribution >= 4 is 5.95 Å². The second-order valence-electron chi connectivity index (χ2n) is 4.19. The van der Waals surface area contributed by atoms with Gasteiger partial charge >= 0.3 is 0 Å². The minimum absolute atomic E-state index is 0.770. The first-order valence-electron chi connectivity index (χ1n) is 5.22. The molecule has 0 saturated heterocycles. The topological polar surface area (TPSA) is 32.3 Å². The first kappa shape index (κ1) is 11.9. The number of aryl methyl sites for hydroxylation is 1. The molecule has 4 nitrogen and oxygen atoms in total. The second-order valence-corrected chi connectivity index (χ2v) is 4.19. The predicted octanol–water partition coefficient (Wildman–Crippen LogP) is 1.04. The smallest absolute Gasteiger partial charge is 0.224 e. The van der Waals surface area contributed by atoms with Crippen LogP contribution in [0.15, 0.2) is 12.4 Å². The third kappa shape index (κ3) is 4.25. The van der Waals surface area contributed by atoms with Crippen LogP contribution in [0.1, 0.15) is 12.0 Å². The predicted molar refractivity (Wildman–Crippen MR) is 63.2 cm³/mol. The van der Waals surface area contributed by atoms with E-state index in [2.05, 4.69) is 29.0 Å². The highest BCUT2D eigenvalue weighted by atomic mass is 15.2. The van der Waals surface area contributed by atoms with Gasteiger partial charge in [-0.05, 0) is 39.0 Å². The summed E-state index contributed by atoms with van der Waals surface area (Å²) >= 11 is 0. The lowest BCUT2D eigenvalue weighted by atomic mass is 10.2. The molecule has 1 aromatic rings. The van der Waals surface area contributed by atoms with Crippen molar-refractivity contribution in [3.8, 4) is 0 Å². The highest BCUT2D eigenvalue weighted by Gasteiger charge is 1.99. The van der Waals surface area contributed by atoms with Gasteiger partial charge in [-0.25, -0.2) is 9.97 Å². The van der Waals surface area contributed by atoms with E-state index in [1.165, 1.54) is 5.56 Å². The zero-order chi connectivity index (χ0) is 11.3. The van der Waals surface area contributed by atoms with Crippen LogP contribution in [0.3, 0.4) is 0 Å². The van der Waals surface area contributed by atoms with E-state index in [9.17, 15) is 0 Å². The largest absolute Gasteiger partial charge is 0.347 e. The van der Waals surface area contributed by atoms with E-state index < -0.39 is 0 Å². The van der Waals surface area contributed by atoms with Gasteiger partial charge in [-0.15, -0.1) is 0 Å². The SMILES string of the molecule is CN(C)CCCc1cnc(N(C)C)nc1. The quantitative estimate of drug-likeness (QED) is 0.723. The molecule has 0 spiro atoms. The van der Waals surface area contributed by atoms with Gasteiger partial charge in [-0.1, -0.05) is 0 Å². The molecular weight excluding hydrogens is 188 g/mol. The Balaban J connectivity index is 2.43. The van der Waals surface area contributed by atoms with Crippen molar-refractivity contribution in [3.63, 3.8) is 0 Å². The van der Waals surface area contributed by atoms with Crippen LogP contribution in [0.5, 0.6) is 0 Å². The molecule has 0 fully saturated rings. The summed E-state index contributed by atoms with van der Waals surface area (Å²) in [6.07, 6.45) is 6.03. The Morgan fingerprint density at radius 1 is 1.07 bits per heavy atom. The Bertz CT molecular complexity index is 279. The summed E-state index contributed by atoms with van der Waals surface area (Å²) in [7, 11) is 8.07. The van der Waals surface area contributed by atoms with E-state index in [1.54, 1.807) is 0 Å². The summed E-state index contributed by atoms with van der Waals surface area (Å²) in [5, 5.41) is 0. The molecular formula is C11H20N4. The van der Waals surface area contributed by atoms with Gasteiger partial charge in [0, 0.05) is 26.5 Å². The average Bonchev–Trinajstić information content (AvgIpc) is 2.18. The van der Waals surface area contributed by atoms with E-state index in [0.717, 1.165) is 25.3 Å². The first-order chi connectivity index (χ1) is 7.09.